The first-order valence-corrected chi connectivity index (χ1v) is 5.11. The molecule has 0 radical (unpaired) electrons. The highest BCUT2D eigenvalue weighted by Crippen LogP contribution is 2.28. The van der Waals surface area contributed by atoms with E-state index in [1.807, 2.05) is 13.0 Å². The van der Waals surface area contributed by atoms with Crippen LogP contribution in [-0.4, -0.2) is 29.6 Å². The second-order valence-corrected chi connectivity index (χ2v) is 3.61. The van der Waals surface area contributed by atoms with Crippen LogP contribution in [0, 0.1) is 0 Å². The molecule has 0 saturated heterocycles. The van der Waals surface area contributed by atoms with E-state index in [4.69, 9.17) is 0 Å². The largest absolute Gasteiger partial charge is 0.357 e. The third kappa shape index (κ3) is 1.95. The van der Waals surface area contributed by atoms with Gasteiger partial charge in [-0.2, -0.15) is 4.98 Å². The van der Waals surface area contributed by atoms with E-state index in [1.165, 1.54) is 12.8 Å². The monoisotopic (exact) mass is 192 g/mol. The zero-order chi connectivity index (χ0) is 9.97. The van der Waals surface area contributed by atoms with Gasteiger partial charge < -0.3 is 10.2 Å². The normalized spacial score (nSPS) is 15.3. The minimum absolute atomic E-state index is 0.694. The quantitative estimate of drug-likeness (QED) is 0.785. The number of rotatable bonds is 4. The fourth-order valence-corrected chi connectivity index (χ4v) is 1.44. The molecule has 0 atom stereocenters. The molecular weight excluding hydrogens is 176 g/mol. The highest BCUT2D eigenvalue weighted by molar-refractivity contribution is 5.43. The predicted molar refractivity (Wildman–Crippen MR) is 57.6 cm³/mol. The molecule has 1 heterocycles. The topological polar surface area (TPSA) is 41.1 Å². The van der Waals surface area contributed by atoms with Crippen LogP contribution in [0.25, 0.3) is 0 Å². The number of nitrogens with zero attached hydrogens (tertiary/aromatic N) is 3. The fourth-order valence-electron chi connectivity index (χ4n) is 1.44. The van der Waals surface area contributed by atoms with E-state index in [0.29, 0.717) is 6.04 Å². The first-order valence-electron chi connectivity index (χ1n) is 5.11. The van der Waals surface area contributed by atoms with Crippen molar-refractivity contribution < 1.29 is 0 Å². The molecule has 76 valence electrons. The van der Waals surface area contributed by atoms with Gasteiger partial charge >= 0.3 is 0 Å². The van der Waals surface area contributed by atoms with Gasteiger partial charge in [0.1, 0.15) is 5.82 Å². The summed E-state index contributed by atoms with van der Waals surface area (Å²) in [6.07, 6.45) is 4.38. The van der Waals surface area contributed by atoms with Crippen molar-refractivity contribution in [2.45, 2.75) is 25.8 Å². The predicted octanol–water partition coefficient (Wildman–Crippen LogP) is 1.51. The number of nitrogens with one attached hydrogen (secondary N) is 1. The first-order chi connectivity index (χ1) is 6.81. The molecule has 0 amide bonds. The smallest absolute Gasteiger partial charge is 0.224 e. The molecule has 1 aromatic heterocycles. The van der Waals surface area contributed by atoms with Gasteiger partial charge in [-0.15, -0.1) is 0 Å². The van der Waals surface area contributed by atoms with E-state index in [9.17, 15) is 0 Å². The molecule has 0 aliphatic heterocycles. The van der Waals surface area contributed by atoms with Crippen molar-refractivity contribution in [3.63, 3.8) is 0 Å². The van der Waals surface area contributed by atoms with E-state index >= 15 is 0 Å². The maximum Gasteiger partial charge on any atom is 0.224 e. The SMILES string of the molecule is CCNc1nccc(N(C)C2CC2)n1. The van der Waals surface area contributed by atoms with Gasteiger partial charge in [-0.05, 0) is 25.8 Å². The summed E-state index contributed by atoms with van der Waals surface area (Å²) in [5, 5.41) is 3.11. The molecule has 1 saturated carbocycles. The van der Waals surface area contributed by atoms with Crippen LogP contribution in [-0.2, 0) is 0 Å². The van der Waals surface area contributed by atoms with Crippen molar-refractivity contribution >= 4 is 11.8 Å². The van der Waals surface area contributed by atoms with Crippen molar-refractivity contribution in [2.75, 3.05) is 23.8 Å². The Hall–Kier alpha value is -1.32. The summed E-state index contributed by atoms with van der Waals surface area (Å²) in [7, 11) is 2.09. The second kappa shape index (κ2) is 3.82. The Morgan fingerprint density at radius 2 is 2.36 bits per heavy atom. The Bertz CT molecular complexity index is 309. The third-order valence-electron chi connectivity index (χ3n) is 2.43. The van der Waals surface area contributed by atoms with Crippen molar-refractivity contribution in [2.24, 2.45) is 0 Å². The highest BCUT2D eigenvalue weighted by atomic mass is 15.2. The van der Waals surface area contributed by atoms with Crippen molar-refractivity contribution in [1.82, 2.24) is 9.97 Å². The van der Waals surface area contributed by atoms with Crippen LogP contribution in [0.2, 0.25) is 0 Å². The van der Waals surface area contributed by atoms with E-state index in [0.717, 1.165) is 18.3 Å². The van der Waals surface area contributed by atoms with Gasteiger partial charge in [0.25, 0.3) is 0 Å². The van der Waals surface area contributed by atoms with Crippen LogP contribution in [0.15, 0.2) is 12.3 Å². The van der Waals surface area contributed by atoms with Crippen LogP contribution >= 0.6 is 0 Å². The molecule has 1 aliphatic carbocycles. The summed E-state index contributed by atoms with van der Waals surface area (Å²) in [4.78, 5) is 10.8. The second-order valence-electron chi connectivity index (χ2n) is 3.61. The highest BCUT2D eigenvalue weighted by Gasteiger charge is 2.27. The molecule has 0 spiro atoms. The molecule has 1 aliphatic rings. The van der Waals surface area contributed by atoms with Crippen molar-refractivity contribution in [1.29, 1.82) is 0 Å². The van der Waals surface area contributed by atoms with Gasteiger partial charge in [-0.25, -0.2) is 4.98 Å². The molecule has 4 heteroatoms. The molecule has 14 heavy (non-hydrogen) atoms. The molecule has 1 aromatic rings. The fraction of sp³-hybridized carbons (Fsp3) is 0.600. The van der Waals surface area contributed by atoms with Crippen molar-refractivity contribution in [3.05, 3.63) is 12.3 Å². The molecule has 1 fully saturated rings. The van der Waals surface area contributed by atoms with E-state index in [-0.39, 0.29) is 0 Å². The van der Waals surface area contributed by atoms with Crippen LogP contribution in [0.3, 0.4) is 0 Å². The Morgan fingerprint density at radius 3 is 3.00 bits per heavy atom. The molecule has 4 nitrogen and oxygen atoms in total. The Morgan fingerprint density at radius 1 is 1.57 bits per heavy atom. The summed E-state index contributed by atoms with van der Waals surface area (Å²) in [5.74, 6) is 1.73. The lowest BCUT2D eigenvalue weighted by molar-refractivity contribution is 0.885. The number of aromatic nitrogens is 2. The lowest BCUT2D eigenvalue weighted by atomic mass is 10.5. The Balaban J connectivity index is 2.12. The summed E-state index contributed by atoms with van der Waals surface area (Å²) in [6, 6.07) is 2.65. The van der Waals surface area contributed by atoms with Crippen LogP contribution in [0.1, 0.15) is 19.8 Å². The van der Waals surface area contributed by atoms with Gasteiger partial charge in [0.2, 0.25) is 5.95 Å². The molecule has 0 unspecified atom stereocenters. The lowest BCUT2D eigenvalue weighted by Gasteiger charge is -2.17. The Labute approximate surface area is 84.4 Å². The van der Waals surface area contributed by atoms with Crippen LogP contribution in [0.4, 0.5) is 11.8 Å². The van der Waals surface area contributed by atoms with Gasteiger partial charge in [0.05, 0.1) is 0 Å². The molecular formula is C10H16N4. The minimum Gasteiger partial charge on any atom is -0.357 e. The molecule has 2 rings (SSSR count). The van der Waals surface area contributed by atoms with Gasteiger partial charge in [0.15, 0.2) is 0 Å². The number of hydrogen-bond acceptors (Lipinski definition) is 4. The van der Waals surface area contributed by atoms with Gasteiger partial charge in [-0.3, -0.25) is 0 Å². The zero-order valence-corrected chi connectivity index (χ0v) is 8.70. The van der Waals surface area contributed by atoms with Crippen molar-refractivity contribution in [3.8, 4) is 0 Å². The molecule has 0 bridgehead atoms. The standard InChI is InChI=1S/C10H16N4/c1-3-11-10-12-7-6-9(13-10)14(2)8-4-5-8/h6-8H,3-5H2,1-2H3,(H,11,12,13). The number of anilines is 2. The summed E-state index contributed by atoms with van der Waals surface area (Å²) < 4.78 is 0. The minimum atomic E-state index is 0.694. The van der Waals surface area contributed by atoms with Crippen LogP contribution in [0.5, 0.6) is 0 Å². The summed E-state index contributed by atoms with van der Waals surface area (Å²) >= 11 is 0. The van der Waals surface area contributed by atoms with E-state index in [2.05, 4.69) is 27.2 Å². The van der Waals surface area contributed by atoms with Gasteiger partial charge in [0, 0.05) is 25.8 Å². The maximum absolute atomic E-state index is 4.43. The summed E-state index contributed by atoms with van der Waals surface area (Å²) in [5.41, 5.74) is 0. The van der Waals surface area contributed by atoms with E-state index < -0.39 is 0 Å². The zero-order valence-electron chi connectivity index (χ0n) is 8.70. The maximum atomic E-state index is 4.43. The molecule has 1 N–H and O–H groups in total. The van der Waals surface area contributed by atoms with Gasteiger partial charge in [-0.1, -0.05) is 0 Å². The summed E-state index contributed by atoms with van der Waals surface area (Å²) in [6.45, 7) is 2.90. The molecule has 0 aromatic carbocycles. The number of hydrogen-bond donors (Lipinski definition) is 1. The average molecular weight is 192 g/mol. The Kier molecular flexibility index (Phi) is 2.52. The van der Waals surface area contributed by atoms with Crippen LogP contribution < -0.4 is 10.2 Å². The average Bonchev–Trinajstić information content (AvgIpc) is 3.01. The van der Waals surface area contributed by atoms with E-state index in [1.54, 1.807) is 6.20 Å². The third-order valence-corrected chi connectivity index (χ3v) is 2.43. The first kappa shape index (κ1) is 9.24. The lowest BCUT2D eigenvalue weighted by Crippen LogP contribution is -2.21.